The van der Waals surface area contributed by atoms with Gasteiger partial charge in [-0.3, -0.25) is 4.79 Å². The van der Waals surface area contributed by atoms with Crippen molar-refractivity contribution < 1.29 is 9.90 Å². The van der Waals surface area contributed by atoms with Gasteiger partial charge in [-0.15, -0.1) is 0 Å². The van der Waals surface area contributed by atoms with Crippen LogP contribution < -0.4 is 0 Å². The lowest BCUT2D eigenvalue weighted by Crippen LogP contribution is -2.18. The second-order valence-electron chi connectivity index (χ2n) is 3.91. The van der Waals surface area contributed by atoms with Crippen molar-refractivity contribution in [1.82, 2.24) is 0 Å². The predicted octanol–water partition coefficient (Wildman–Crippen LogP) is 3.14. The first-order valence-corrected chi connectivity index (χ1v) is 5.69. The summed E-state index contributed by atoms with van der Waals surface area (Å²) in [5.74, 6) is -1.49. The minimum Gasteiger partial charge on any atom is -0.481 e. The molecule has 16 heavy (non-hydrogen) atoms. The largest absolute Gasteiger partial charge is 0.481 e. The van der Waals surface area contributed by atoms with Gasteiger partial charge in [-0.25, -0.2) is 0 Å². The summed E-state index contributed by atoms with van der Waals surface area (Å²) in [5, 5.41) is 18.0. The van der Waals surface area contributed by atoms with Gasteiger partial charge in [0.2, 0.25) is 0 Å². The first-order chi connectivity index (χ1) is 7.47. The fourth-order valence-electron chi connectivity index (χ4n) is 1.63. The third kappa shape index (κ3) is 2.61. The lowest BCUT2D eigenvalue weighted by molar-refractivity contribution is -0.139. The molecule has 0 aliphatic carbocycles. The predicted molar refractivity (Wildman–Crippen MR) is 64.1 cm³/mol. The highest BCUT2D eigenvalue weighted by Crippen LogP contribution is 2.31. The van der Waals surface area contributed by atoms with Gasteiger partial charge in [-0.1, -0.05) is 29.8 Å². The number of carboxylic acids is 1. The van der Waals surface area contributed by atoms with E-state index < -0.39 is 11.9 Å². The van der Waals surface area contributed by atoms with Gasteiger partial charge in [0.05, 0.1) is 17.6 Å². The van der Waals surface area contributed by atoms with Crippen molar-refractivity contribution in [3.63, 3.8) is 0 Å². The van der Waals surface area contributed by atoms with Crippen LogP contribution in [-0.2, 0) is 4.79 Å². The summed E-state index contributed by atoms with van der Waals surface area (Å²) >= 11 is 3.32. The molecule has 1 N–H and O–H groups in total. The summed E-state index contributed by atoms with van der Waals surface area (Å²) < 4.78 is 0.729. The van der Waals surface area contributed by atoms with Crippen LogP contribution in [0.2, 0.25) is 0 Å². The number of benzene rings is 1. The monoisotopic (exact) mass is 281 g/mol. The number of carboxylic acid groups (broad SMARTS) is 1. The van der Waals surface area contributed by atoms with Gasteiger partial charge in [0.25, 0.3) is 0 Å². The molecule has 0 heterocycles. The van der Waals surface area contributed by atoms with Crippen molar-refractivity contribution in [1.29, 1.82) is 5.26 Å². The van der Waals surface area contributed by atoms with Crippen LogP contribution in [-0.4, -0.2) is 11.1 Å². The van der Waals surface area contributed by atoms with Gasteiger partial charge in [0, 0.05) is 4.47 Å². The van der Waals surface area contributed by atoms with E-state index in [0.717, 1.165) is 4.47 Å². The number of hydrogen-bond donors (Lipinski definition) is 1. The molecule has 84 valence electrons. The van der Waals surface area contributed by atoms with Crippen LogP contribution in [0.4, 0.5) is 0 Å². The molecule has 0 radical (unpaired) electrons. The Kier molecular flexibility index (Phi) is 4.08. The smallest absolute Gasteiger partial charge is 0.311 e. The molecule has 0 bridgehead atoms. The van der Waals surface area contributed by atoms with E-state index in [4.69, 9.17) is 5.26 Å². The molecule has 1 rings (SSSR count). The zero-order valence-corrected chi connectivity index (χ0v) is 10.7. The molecule has 4 heteroatoms. The van der Waals surface area contributed by atoms with Crippen molar-refractivity contribution in [3.8, 4) is 6.07 Å². The Labute approximate surface area is 103 Å². The van der Waals surface area contributed by atoms with Gasteiger partial charge < -0.3 is 5.11 Å². The van der Waals surface area contributed by atoms with Crippen molar-refractivity contribution in [2.24, 2.45) is 5.92 Å². The highest BCUT2D eigenvalue weighted by atomic mass is 79.9. The number of aliphatic carboxylic acids is 1. The van der Waals surface area contributed by atoms with E-state index in [9.17, 15) is 9.90 Å². The molecule has 1 aromatic rings. The van der Waals surface area contributed by atoms with Gasteiger partial charge in [0.15, 0.2) is 0 Å². The minimum absolute atomic E-state index is 0.0252. The number of halogens is 1. The van der Waals surface area contributed by atoms with Crippen LogP contribution in [0.3, 0.4) is 0 Å². The van der Waals surface area contributed by atoms with Crippen molar-refractivity contribution in [2.45, 2.75) is 19.8 Å². The Bertz CT molecular complexity index is 449. The van der Waals surface area contributed by atoms with E-state index in [1.807, 2.05) is 19.9 Å². The fraction of sp³-hybridized carbons (Fsp3) is 0.333. The average Bonchev–Trinajstić information content (AvgIpc) is 2.20. The maximum atomic E-state index is 11.2. The van der Waals surface area contributed by atoms with Gasteiger partial charge >= 0.3 is 5.97 Å². The minimum atomic E-state index is -0.870. The zero-order chi connectivity index (χ0) is 12.3. The maximum absolute atomic E-state index is 11.2. The van der Waals surface area contributed by atoms with E-state index in [0.29, 0.717) is 11.1 Å². The summed E-state index contributed by atoms with van der Waals surface area (Å²) in [5.41, 5.74) is 1.13. The Morgan fingerprint density at radius 1 is 1.50 bits per heavy atom. The lowest BCUT2D eigenvalue weighted by atomic mass is 9.88. The fourth-order valence-corrected chi connectivity index (χ4v) is 2.12. The molecular weight excluding hydrogens is 270 g/mol. The van der Waals surface area contributed by atoms with Gasteiger partial charge in [-0.05, 0) is 29.7 Å². The number of nitriles is 1. The number of carbonyl (C=O) groups is 1. The summed E-state index contributed by atoms with van der Waals surface area (Å²) in [6, 6.07) is 7.02. The Morgan fingerprint density at radius 2 is 2.12 bits per heavy atom. The van der Waals surface area contributed by atoms with Crippen molar-refractivity contribution in [3.05, 3.63) is 33.8 Å². The molecule has 0 aliphatic heterocycles. The van der Waals surface area contributed by atoms with Crippen LogP contribution in [0.25, 0.3) is 0 Å². The molecule has 1 unspecified atom stereocenters. The molecule has 0 saturated carbocycles. The van der Waals surface area contributed by atoms with Gasteiger partial charge in [0.1, 0.15) is 0 Å². The first-order valence-electron chi connectivity index (χ1n) is 4.89. The number of nitrogens with zero attached hydrogens (tertiary/aromatic N) is 1. The highest BCUT2D eigenvalue weighted by Gasteiger charge is 2.25. The molecule has 0 fully saturated rings. The Hall–Kier alpha value is -1.34. The second kappa shape index (κ2) is 5.13. The van der Waals surface area contributed by atoms with Crippen LogP contribution in [0, 0.1) is 17.2 Å². The third-order valence-corrected chi connectivity index (χ3v) is 3.12. The molecule has 0 saturated heterocycles. The first kappa shape index (κ1) is 12.7. The summed E-state index contributed by atoms with van der Waals surface area (Å²) in [7, 11) is 0. The summed E-state index contributed by atoms with van der Waals surface area (Å²) in [4.78, 5) is 11.2. The number of hydrogen-bond acceptors (Lipinski definition) is 2. The van der Waals surface area contributed by atoms with Crippen molar-refractivity contribution >= 4 is 21.9 Å². The van der Waals surface area contributed by atoms with Crippen LogP contribution in [0.1, 0.15) is 30.9 Å². The zero-order valence-electron chi connectivity index (χ0n) is 9.07. The average molecular weight is 282 g/mol. The third-order valence-electron chi connectivity index (χ3n) is 2.39. The molecule has 3 nitrogen and oxygen atoms in total. The maximum Gasteiger partial charge on any atom is 0.311 e. The normalized spacial score (nSPS) is 12.2. The molecule has 0 aromatic heterocycles. The summed E-state index contributed by atoms with van der Waals surface area (Å²) in [6.07, 6.45) is 0. The quantitative estimate of drug-likeness (QED) is 0.926. The SMILES string of the molecule is CC(C)C(C(=O)O)c1cc(C#N)ccc1Br. The summed E-state index contributed by atoms with van der Waals surface area (Å²) in [6.45, 7) is 3.70. The van der Waals surface area contributed by atoms with Crippen LogP contribution in [0.15, 0.2) is 22.7 Å². The van der Waals surface area contributed by atoms with E-state index >= 15 is 0 Å². The second-order valence-corrected chi connectivity index (χ2v) is 4.76. The van der Waals surface area contributed by atoms with E-state index in [1.54, 1.807) is 18.2 Å². The molecular formula is C12H12BrNO2. The lowest BCUT2D eigenvalue weighted by Gasteiger charge is -2.18. The molecule has 0 spiro atoms. The van der Waals surface area contributed by atoms with E-state index in [2.05, 4.69) is 15.9 Å². The molecule has 1 aromatic carbocycles. The molecule has 1 atom stereocenters. The van der Waals surface area contributed by atoms with Crippen LogP contribution in [0.5, 0.6) is 0 Å². The Balaban J connectivity index is 3.29. The standard InChI is InChI=1S/C12H12BrNO2/c1-7(2)11(12(15)16)9-5-8(6-14)3-4-10(9)13/h3-5,7,11H,1-2H3,(H,15,16). The topological polar surface area (TPSA) is 61.1 Å². The van der Waals surface area contributed by atoms with Crippen molar-refractivity contribution in [2.75, 3.05) is 0 Å². The highest BCUT2D eigenvalue weighted by molar-refractivity contribution is 9.10. The van der Waals surface area contributed by atoms with Gasteiger partial charge in [-0.2, -0.15) is 5.26 Å². The molecule has 0 amide bonds. The van der Waals surface area contributed by atoms with E-state index in [1.165, 1.54) is 0 Å². The Morgan fingerprint density at radius 3 is 2.56 bits per heavy atom. The number of rotatable bonds is 3. The van der Waals surface area contributed by atoms with E-state index in [-0.39, 0.29) is 5.92 Å². The van der Waals surface area contributed by atoms with Crippen LogP contribution >= 0.6 is 15.9 Å². The molecule has 0 aliphatic rings.